The standard InChI is InChI=1S/C16H22FNO/c1-11(2)6-5-9-18-16(19)14-10-13(14)12-7-3-4-8-15(12)17/h3-4,7-8,11,13-14H,5-6,9-10H2,1-2H3,(H,18,19). The normalized spacial score (nSPS) is 21.5. The lowest BCUT2D eigenvalue weighted by atomic mass is 10.1. The first-order chi connectivity index (χ1) is 9.09. The van der Waals surface area contributed by atoms with Crippen molar-refractivity contribution in [2.24, 2.45) is 11.8 Å². The van der Waals surface area contributed by atoms with E-state index in [2.05, 4.69) is 19.2 Å². The molecule has 0 spiro atoms. The molecule has 2 rings (SSSR count). The monoisotopic (exact) mass is 263 g/mol. The van der Waals surface area contributed by atoms with E-state index < -0.39 is 0 Å². The number of rotatable bonds is 6. The molecule has 0 heterocycles. The van der Waals surface area contributed by atoms with Gasteiger partial charge in [-0.15, -0.1) is 0 Å². The molecule has 104 valence electrons. The van der Waals surface area contributed by atoms with Gasteiger partial charge in [-0.05, 0) is 42.7 Å². The van der Waals surface area contributed by atoms with Gasteiger partial charge < -0.3 is 5.32 Å². The molecule has 0 aromatic heterocycles. The summed E-state index contributed by atoms with van der Waals surface area (Å²) in [6.07, 6.45) is 2.92. The molecule has 0 aliphatic heterocycles. The van der Waals surface area contributed by atoms with Crippen LogP contribution < -0.4 is 5.32 Å². The molecule has 0 bridgehead atoms. The van der Waals surface area contributed by atoms with Crippen LogP contribution >= 0.6 is 0 Å². The molecule has 3 heteroatoms. The molecule has 0 radical (unpaired) electrons. The maximum atomic E-state index is 13.6. The quantitative estimate of drug-likeness (QED) is 0.782. The van der Waals surface area contributed by atoms with Crippen LogP contribution in [0, 0.1) is 17.7 Å². The lowest BCUT2D eigenvalue weighted by Crippen LogP contribution is -2.26. The van der Waals surface area contributed by atoms with Gasteiger partial charge in [-0.2, -0.15) is 0 Å². The van der Waals surface area contributed by atoms with Crippen molar-refractivity contribution >= 4 is 5.91 Å². The number of carbonyl (C=O) groups is 1. The minimum atomic E-state index is -0.192. The van der Waals surface area contributed by atoms with E-state index in [9.17, 15) is 9.18 Å². The molecule has 2 unspecified atom stereocenters. The Balaban J connectivity index is 1.76. The minimum absolute atomic E-state index is 0.0315. The molecule has 19 heavy (non-hydrogen) atoms. The summed E-state index contributed by atoms with van der Waals surface area (Å²) < 4.78 is 13.6. The Hall–Kier alpha value is -1.38. The number of halogens is 1. The van der Waals surface area contributed by atoms with Crippen molar-refractivity contribution in [3.63, 3.8) is 0 Å². The van der Waals surface area contributed by atoms with Gasteiger partial charge in [-0.3, -0.25) is 4.79 Å². The number of hydrogen-bond acceptors (Lipinski definition) is 1. The van der Waals surface area contributed by atoms with Crippen molar-refractivity contribution in [3.05, 3.63) is 35.6 Å². The van der Waals surface area contributed by atoms with Crippen LogP contribution in [0.1, 0.15) is 44.6 Å². The third-order valence-electron chi connectivity index (χ3n) is 3.69. The largest absolute Gasteiger partial charge is 0.356 e. The van der Waals surface area contributed by atoms with Crippen LogP contribution in [0.5, 0.6) is 0 Å². The van der Waals surface area contributed by atoms with Crippen molar-refractivity contribution in [2.45, 2.75) is 39.0 Å². The Kier molecular flexibility index (Phi) is 4.56. The smallest absolute Gasteiger partial charge is 0.223 e. The van der Waals surface area contributed by atoms with E-state index in [0.717, 1.165) is 25.8 Å². The van der Waals surface area contributed by atoms with Gasteiger partial charge in [-0.1, -0.05) is 32.0 Å². The van der Waals surface area contributed by atoms with E-state index in [0.29, 0.717) is 11.5 Å². The molecule has 2 atom stereocenters. The summed E-state index contributed by atoms with van der Waals surface area (Å²) in [7, 11) is 0. The van der Waals surface area contributed by atoms with Crippen LogP contribution in [0.15, 0.2) is 24.3 Å². The molecule has 0 saturated heterocycles. The Morgan fingerprint density at radius 1 is 1.42 bits per heavy atom. The topological polar surface area (TPSA) is 29.1 Å². The molecule has 1 aromatic rings. The third kappa shape index (κ3) is 3.79. The van der Waals surface area contributed by atoms with Gasteiger partial charge >= 0.3 is 0 Å². The van der Waals surface area contributed by atoms with E-state index in [1.54, 1.807) is 12.1 Å². The molecule has 1 fully saturated rings. The van der Waals surface area contributed by atoms with Crippen LogP contribution in [0.25, 0.3) is 0 Å². The van der Waals surface area contributed by atoms with Crippen LogP contribution in [0.4, 0.5) is 4.39 Å². The predicted octanol–water partition coefficient (Wildman–Crippen LogP) is 3.48. The van der Waals surface area contributed by atoms with Crippen molar-refractivity contribution in [1.29, 1.82) is 0 Å². The van der Waals surface area contributed by atoms with E-state index in [1.807, 2.05) is 6.07 Å². The first-order valence-electron chi connectivity index (χ1n) is 7.11. The highest BCUT2D eigenvalue weighted by Gasteiger charge is 2.44. The van der Waals surface area contributed by atoms with Gasteiger partial charge in [0, 0.05) is 12.5 Å². The Morgan fingerprint density at radius 2 is 2.16 bits per heavy atom. The second kappa shape index (κ2) is 6.18. The number of carbonyl (C=O) groups excluding carboxylic acids is 1. The number of nitrogens with one attached hydrogen (secondary N) is 1. The minimum Gasteiger partial charge on any atom is -0.356 e. The highest BCUT2D eigenvalue weighted by Crippen LogP contribution is 2.48. The number of amides is 1. The lowest BCUT2D eigenvalue weighted by Gasteiger charge is -2.07. The van der Waals surface area contributed by atoms with E-state index >= 15 is 0 Å². The first kappa shape index (κ1) is 14.0. The molecule has 1 aliphatic rings. The van der Waals surface area contributed by atoms with Crippen molar-refractivity contribution in [3.8, 4) is 0 Å². The van der Waals surface area contributed by atoms with Crippen LogP contribution in [0.2, 0.25) is 0 Å². The predicted molar refractivity (Wildman–Crippen MR) is 74.3 cm³/mol. The maximum Gasteiger partial charge on any atom is 0.223 e. The zero-order valence-corrected chi connectivity index (χ0v) is 11.7. The van der Waals surface area contributed by atoms with E-state index in [1.165, 1.54) is 6.07 Å². The molecule has 1 amide bonds. The summed E-state index contributed by atoms with van der Waals surface area (Å²) in [5, 5.41) is 2.96. The zero-order chi connectivity index (χ0) is 13.8. The fourth-order valence-electron chi connectivity index (χ4n) is 2.46. The molecule has 1 aliphatic carbocycles. The number of benzene rings is 1. The zero-order valence-electron chi connectivity index (χ0n) is 11.7. The van der Waals surface area contributed by atoms with Crippen LogP contribution in [-0.2, 0) is 4.79 Å². The summed E-state index contributed by atoms with van der Waals surface area (Å²) in [6, 6.07) is 6.76. The summed E-state index contributed by atoms with van der Waals surface area (Å²) in [6.45, 7) is 5.09. The number of hydrogen-bond donors (Lipinski definition) is 1. The highest BCUT2D eigenvalue weighted by atomic mass is 19.1. The second-order valence-corrected chi connectivity index (χ2v) is 5.80. The van der Waals surface area contributed by atoms with Crippen molar-refractivity contribution in [1.82, 2.24) is 5.32 Å². The van der Waals surface area contributed by atoms with Crippen molar-refractivity contribution < 1.29 is 9.18 Å². The lowest BCUT2D eigenvalue weighted by molar-refractivity contribution is -0.122. The molecule has 1 aromatic carbocycles. The molecule has 2 nitrogen and oxygen atoms in total. The SMILES string of the molecule is CC(C)CCCNC(=O)C1CC1c1ccccc1F. The van der Waals surface area contributed by atoms with Crippen LogP contribution in [-0.4, -0.2) is 12.5 Å². The van der Waals surface area contributed by atoms with Gasteiger partial charge in [-0.25, -0.2) is 4.39 Å². The Morgan fingerprint density at radius 3 is 2.84 bits per heavy atom. The first-order valence-corrected chi connectivity index (χ1v) is 7.11. The molecule has 1 saturated carbocycles. The molecular formula is C16H22FNO. The summed E-state index contributed by atoms with van der Waals surface area (Å²) in [4.78, 5) is 11.9. The molecular weight excluding hydrogens is 241 g/mol. The van der Waals surface area contributed by atoms with Crippen molar-refractivity contribution in [2.75, 3.05) is 6.54 Å². The van der Waals surface area contributed by atoms with Gasteiger partial charge in [0.2, 0.25) is 5.91 Å². The maximum absolute atomic E-state index is 13.6. The van der Waals surface area contributed by atoms with Gasteiger partial charge in [0.15, 0.2) is 0 Å². The summed E-state index contributed by atoms with van der Waals surface area (Å²) in [5.41, 5.74) is 0.685. The average Bonchev–Trinajstić information content (AvgIpc) is 3.15. The second-order valence-electron chi connectivity index (χ2n) is 5.80. The van der Waals surface area contributed by atoms with Crippen LogP contribution in [0.3, 0.4) is 0 Å². The highest BCUT2D eigenvalue weighted by molar-refractivity contribution is 5.82. The summed E-state index contributed by atoms with van der Waals surface area (Å²) >= 11 is 0. The van der Waals surface area contributed by atoms with Gasteiger partial charge in [0.05, 0.1) is 0 Å². The van der Waals surface area contributed by atoms with E-state index in [-0.39, 0.29) is 23.6 Å². The Labute approximate surface area is 114 Å². The van der Waals surface area contributed by atoms with Gasteiger partial charge in [0.1, 0.15) is 5.82 Å². The molecule has 1 N–H and O–H groups in total. The van der Waals surface area contributed by atoms with E-state index in [4.69, 9.17) is 0 Å². The Bertz CT molecular complexity index is 444. The van der Waals surface area contributed by atoms with Gasteiger partial charge in [0.25, 0.3) is 0 Å². The summed E-state index contributed by atoms with van der Waals surface area (Å²) in [5.74, 6) is 0.603. The average molecular weight is 263 g/mol. The third-order valence-corrected chi connectivity index (χ3v) is 3.69. The fourth-order valence-corrected chi connectivity index (χ4v) is 2.46. The fraction of sp³-hybridized carbons (Fsp3) is 0.562.